The zero-order chi connectivity index (χ0) is 14.7. The number of hydrogen-bond acceptors (Lipinski definition) is 5. The van der Waals surface area contributed by atoms with Gasteiger partial charge in [0.05, 0.1) is 17.1 Å². The van der Waals surface area contributed by atoms with E-state index in [1.807, 2.05) is 20.8 Å². The van der Waals surface area contributed by atoms with Crippen molar-refractivity contribution in [2.24, 2.45) is 0 Å². The molecular formula is C14H23N5O. The van der Waals surface area contributed by atoms with E-state index in [-0.39, 0.29) is 5.91 Å². The predicted octanol–water partition coefficient (Wildman–Crippen LogP) is 1.19. The zero-order valence-corrected chi connectivity index (χ0v) is 12.7. The summed E-state index contributed by atoms with van der Waals surface area (Å²) in [6, 6.07) is 0. The first-order valence-electron chi connectivity index (χ1n) is 7.09. The van der Waals surface area contributed by atoms with Crippen molar-refractivity contribution in [2.45, 2.75) is 27.2 Å². The maximum atomic E-state index is 11.5. The molecule has 0 radical (unpaired) electrons. The fourth-order valence-electron chi connectivity index (χ4n) is 2.26. The first-order chi connectivity index (χ1) is 9.51. The number of rotatable bonds is 3. The number of amides is 1. The maximum absolute atomic E-state index is 11.5. The molecule has 0 aromatic carbocycles. The molecule has 0 saturated carbocycles. The van der Waals surface area contributed by atoms with Crippen LogP contribution in [0.4, 0.5) is 11.6 Å². The number of anilines is 2. The Morgan fingerprint density at radius 3 is 2.20 bits per heavy atom. The molecule has 1 saturated heterocycles. The molecular weight excluding hydrogens is 254 g/mol. The van der Waals surface area contributed by atoms with Gasteiger partial charge in [0.2, 0.25) is 11.9 Å². The van der Waals surface area contributed by atoms with Gasteiger partial charge in [-0.3, -0.25) is 4.79 Å². The largest absolute Gasteiger partial charge is 0.338 e. The SMILES string of the molecule is CCC(=O)Nc1c(C)nc(N2CCN(C)CC2)nc1C. The van der Waals surface area contributed by atoms with E-state index in [1.165, 1.54) is 0 Å². The van der Waals surface area contributed by atoms with Crippen molar-refractivity contribution in [3.63, 3.8) is 0 Å². The van der Waals surface area contributed by atoms with Crippen LogP contribution in [-0.4, -0.2) is 54.0 Å². The molecule has 110 valence electrons. The first kappa shape index (κ1) is 14.7. The highest BCUT2D eigenvalue weighted by atomic mass is 16.1. The van der Waals surface area contributed by atoms with Crippen LogP contribution in [0.3, 0.4) is 0 Å². The molecule has 20 heavy (non-hydrogen) atoms. The van der Waals surface area contributed by atoms with Gasteiger partial charge in [0, 0.05) is 32.6 Å². The molecule has 1 aromatic heterocycles. The van der Waals surface area contributed by atoms with Gasteiger partial charge in [-0.15, -0.1) is 0 Å². The molecule has 0 spiro atoms. The zero-order valence-electron chi connectivity index (χ0n) is 12.7. The van der Waals surface area contributed by atoms with Crippen LogP contribution < -0.4 is 10.2 Å². The van der Waals surface area contributed by atoms with Gasteiger partial charge in [0.25, 0.3) is 0 Å². The Kier molecular flexibility index (Phi) is 4.54. The van der Waals surface area contributed by atoms with Crippen LogP contribution in [0.25, 0.3) is 0 Å². The monoisotopic (exact) mass is 277 g/mol. The summed E-state index contributed by atoms with van der Waals surface area (Å²) in [7, 11) is 2.12. The number of nitrogens with one attached hydrogen (secondary N) is 1. The quantitative estimate of drug-likeness (QED) is 0.899. The van der Waals surface area contributed by atoms with E-state index in [1.54, 1.807) is 0 Å². The second kappa shape index (κ2) is 6.17. The van der Waals surface area contributed by atoms with Crippen molar-refractivity contribution in [2.75, 3.05) is 43.4 Å². The third-order valence-electron chi connectivity index (χ3n) is 3.63. The van der Waals surface area contributed by atoms with Crippen LogP contribution in [0, 0.1) is 13.8 Å². The average Bonchev–Trinajstić information content (AvgIpc) is 2.43. The summed E-state index contributed by atoms with van der Waals surface area (Å²) in [5, 5.41) is 2.87. The fraction of sp³-hybridized carbons (Fsp3) is 0.643. The summed E-state index contributed by atoms with van der Waals surface area (Å²) in [6.45, 7) is 9.59. The van der Waals surface area contributed by atoms with Gasteiger partial charge in [-0.05, 0) is 20.9 Å². The first-order valence-corrected chi connectivity index (χ1v) is 7.09. The van der Waals surface area contributed by atoms with E-state index in [9.17, 15) is 4.79 Å². The number of likely N-dealkylation sites (N-methyl/N-ethyl adjacent to an activating group) is 1. The summed E-state index contributed by atoms with van der Waals surface area (Å²) in [6.07, 6.45) is 0.457. The maximum Gasteiger partial charge on any atom is 0.225 e. The molecule has 1 N–H and O–H groups in total. The van der Waals surface area contributed by atoms with Gasteiger partial charge in [-0.2, -0.15) is 0 Å². The molecule has 2 rings (SSSR count). The Morgan fingerprint density at radius 2 is 1.70 bits per heavy atom. The molecule has 0 aliphatic carbocycles. The summed E-state index contributed by atoms with van der Waals surface area (Å²) in [5.74, 6) is 0.759. The van der Waals surface area contributed by atoms with Crippen LogP contribution in [0.1, 0.15) is 24.7 Å². The molecule has 0 unspecified atom stereocenters. The van der Waals surface area contributed by atoms with Crippen molar-refractivity contribution in [1.29, 1.82) is 0 Å². The lowest BCUT2D eigenvalue weighted by molar-refractivity contribution is -0.115. The van der Waals surface area contributed by atoms with Crippen molar-refractivity contribution in [1.82, 2.24) is 14.9 Å². The van der Waals surface area contributed by atoms with Crippen LogP contribution in [-0.2, 0) is 4.79 Å². The predicted molar refractivity (Wildman–Crippen MR) is 80.1 cm³/mol. The molecule has 1 aromatic rings. The highest BCUT2D eigenvalue weighted by molar-refractivity contribution is 5.91. The van der Waals surface area contributed by atoms with E-state index in [0.29, 0.717) is 6.42 Å². The van der Waals surface area contributed by atoms with Gasteiger partial charge in [-0.25, -0.2) is 9.97 Å². The lowest BCUT2D eigenvalue weighted by Gasteiger charge is -2.32. The van der Waals surface area contributed by atoms with Gasteiger partial charge in [0.1, 0.15) is 0 Å². The van der Waals surface area contributed by atoms with Crippen LogP contribution in [0.2, 0.25) is 0 Å². The standard InChI is InChI=1S/C14H23N5O/c1-5-12(20)17-13-10(2)15-14(16-11(13)3)19-8-6-18(4)7-9-19/h5-9H2,1-4H3,(H,17,20). The number of piperazine rings is 1. The van der Waals surface area contributed by atoms with E-state index < -0.39 is 0 Å². The minimum Gasteiger partial charge on any atom is -0.338 e. The molecule has 1 amide bonds. The average molecular weight is 277 g/mol. The van der Waals surface area contributed by atoms with Crippen molar-refractivity contribution < 1.29 is 4.79 Å². The highest BCUT2D eigenvalue weighted by Gasteiger charge is 2.18. The lowest BCUT2D eigenvalue weighted by Crippen LogP contribution is -2.45. The Hall–Kier alpha value is -1.69. The molecule has 1 fully saturated rings. The van der Waals surface area contributed by atoms with Gasteiger partial charge < -0.3 is 15.1 Å². The molecule has 0 atom stereocenters. The third kappa shape index (κ3) is 3.25. The van der Waals surface area contributed by atoms with Crippen molar-refractivity contribution >= 4 is 17.5 Å². The Balaban J connectivity index is 2.19. The summed E-state index contributed by atoms with van der Waals surface area (Å²) in [5.41, 5.74) is 2.40. The van der Waals surface area contributed by atoms with E-state index in [2.05, 4.69) is 32.1 Å². The lowest BCUT2D eigenvalue weighted by atomic mass is 10.2. The fourth-order valence-corrected chi connectivity index (χ4v) is 2.26. The Morgan fingerprint density at radius 1 is 1.15 bits per heavy atom. The number of carbonyl (C=O) groups is 1. The summed E-state index contributed by atoms with van der Waals surface area (Å²) >= 11 is 0. The van der Waals surface area contributed by atoms with Crippen molar-refractivity contribution in [3.8, 4) is 0 Å². The van der Waals surface area contributed by atoms with Gasteiger partial charge in [-0.1, -0.05) is 6.92 Å². The molecule has 6 nitrogen and oxygen atoms in total. The third-order valence-corrected chi connectivity index (χ3v) is 3.63. The number of aryl methyl sites for hydroxylation is 2. The smallest absolute Gasteiger partial charge is 0.225 e. The second-order valence-corrected chi connectivity index (χ2v) is 5.26. The van der Waals surface area contributed by atoms with Crippen LogP contribution in [0.15, 0.2) is 0 Å². The summed E-state index contributed by atoms with van der Waals surface area (Å²) < 4.78 is 0. The number of nitrogens with zero attached hydrogens (tertiary/aromatic N) is 4. The van der Waals surface area contributed by atoms with E-state index in [4.69, 9.17) is 0 Å². The number of hydrogen-bond donors (Lipinski definition) is 1. The van der Waals surface area contributed by atoms with Crippen LogP contribution in [0.5, 0.6) is 0 Å². The molecule has 0 bridgehead atoms. The van der Waals surface area contributed by atoms with E-state index in [0.717, 1.165) is 49.2 Å². The second-order valence-electron chi connectivity index (χ2n) is 5.26. The normalized spacial score (nSPS) is 16.3. The number of carbonyl (C=O) groups excluding carboxylic acids is 1. The molecule has 1 aliphatic rings. The topological polar surface area (TPSA) is 61.4 Å². The van der Waals surface area contributed by atoms with E-state index >= 15 is 0 Å². The molecule has 2 heterocycles. The summed E-state index contributed by atoms with van der Waals surface area (Å²) in [4.78, 5) is 25.1. The van der Waals surface area contributed by atoms with Crippen LogP contribution >= 0.6 is 0 Å². The van der Waals surface area contributed by atoms with Gasteiger partial charge >= 0.3 is 0 Å². The number of aromatic nitrogens is 2. The minimum atomic E-state index is -0.00727. The Bertz CT molecular complexity index is 471. The van der Waals surface area contributed by atoms with Crippen molar-refractivity contribution in [3.05, 3.63) is 11.4 Å². The Labute approximate surface area is 120 Å². The molecule has 1 aliphatic heterocycles. The highest BCUT2D eigenvalue weighted by Crippen LogP contribution is 2.21. The van der Waals surface area contributed by atoms with Gasteiger partial charge in [0.15, 0.2) is 0 Å². The molecule has 6 heteroatoms. The minimum absolute atomic E-state index is 0.00727.